The first-order valence-corrected chi connectivity index (χ1v) is 12.4. The second kappa shape index (κ2) is 9.39. The van der Waals surface area contributed by atoms with Gasteiger partial charge in [0.1, 0.15) is 5.25 Å². The first kappa shape index (κ1) is 21.7. The van der Waals surface area contributed by atoms with E-state index in [2.05, 4.69) is 17.1 Å². The smallest absolute Gasteiger partial charge is 0.262 e. The first-order valence-electron chi connectivity index (χ1n) is 11.6. The molecule has 2 aromatic heterocycles. The fraction of sp³-hybridized carbons (Fsp3) is 0.360. The van der Waals surface area contributed by atoms with Gasteiger partial charge in [-0.3, -0.25) is 18.6 Å². The molecule has 0 bridgehead atoms. The molecule has 0 spiro atoms. The third kappa shape index (κ3) is 4.04. The van der Waals surface area contributed by atoms with Crippen LogP contribution in [-0.4, -0.2) is 43.1 Å². The Balaban J connectivity index is 1.65. The largest absolute Gasteiger partial charge is 0.341 e. The number of thioether (sulfide) groups is 1. The number of fused-ring (bicyclic) bond motifs is 3. The van der Waals surface area contributed by atoms with Crippen molar-refractivity contribution in [1.29, 1.82) is 0 Å². The van der Waals surface area contributed by atoms with Crippen molar-refractivity contribution < 1.29 is 4.79 Å². The van der Waals surface area contributed by atoms with Crippen LogP contribution in [-0.2, 0) is 11.3 Å². The van der Waals surface area contributed by atoms with Gasteiger partial charge in [0.2, 0.25) is 11.7 Å². The molecule has 33 heavy (non-hydrogen) atoms. The summed E-state index contributed by atoms with van der Waals surface area (Å²) in [6.07, 6.45) is 3.94. The zero-order chi connectivity index (χ0) is 22.8. The van der Waals surface area contributed by atoms with Gasteiger partial charge in [-0.2, -0.15) is 0 Å². The van der Waals surface area contributed by atoms with Gasteiger partial charge in [-0.25, -0.2) is 0 Å². The highest BCUT2D eigenvalue weighted by molar-refractivity contribution is 8.00. The third-order valence-corrected chi connectivity index (χ3v) is 7.37. The summed E-state index contributed by atoms with van der Waals surface area (Å²) in [6.45, 7) is 4.27. The maximum atomic E-state index is 13.5. The molecule has 1 fully saturated rings. The fourth-order valence-corrected chi connectivity index (χ4v) is 5.55. The van der Waals surface area contributed by atoms with E-state index in [9.17, 15) is 9.59 Å². The average molecular weight is 462 g/mol. The minimum Gasteiger partial charge on any atom is -0.341 e. The lowest BCUT2D eigenvalue weighted by Crippen LogP contribution is -2.31. The Morgan fingerprint density at radius 3 is 2.52 bits per heavy atom. The first-order chi connectivity index (χ1) is 16.2. The minimum atomic E-state index is -0.425. The molecule has 5 rings (SSSR count). The van der Waals surface area contributed by atoms with Crippen LogP contribution in [0, 0.1) is 0 Å². The van der Waals surface area contributed by atoms with Gasteiger partial charge in [0, 0.05) is 19.6 Å². The Kier molecular flexibility index (Phi) is 6.17. The SMILES string of the molecule is CCCCn1c(=O)c2ccccc2n2c(SC(C(=O)N3CCCC3)c3ccccc3)nnc12. The van der Waals surface area contributed by atoms with E-state index >= 15 is 0 Å². The fourth-order valence-electron chi connectivity index (χ4n) is 4.43. The van der Waals surface area contributed by atoms with Gasteiger partial charge < -0.3 is 4.90 Å². The lowest BCUT2D eigenvalue weighted by molar-refractivity contribution is -0.129. The number of unbranched alkanes of at least 4 members (excludes halogenated alkanes) is 1. The van der Waals surface area contributed by atoms with Gasteiger partial charge in [0.25, 0.3) is 5.56 Å². The van der Waals surface area contributed by atoms with Crippen LogP contribution < -0.4 is 5.56 Å². The predicted molar refractivity (Wildman–Crippen MR) is 131 cm³/mol. The van der Waals surface area contributed by atoms with E-state index < -0.39 is 5.25 Å². The van der Waals surface area contributed by atoms with Gasteiger partial charge in [0.05, 0.1) is 10.9 Å². The summed E-state index contributed by atoms with van der Waals surface area (Å²) in [5.74, 6) is 0.624. The van der Waals surface area contributed by atoms with Crippen molar-refractivity contribution in [3.8, 4) is 0 Å². The summed E-state index contributed by atoms with van der Waals surface area (Å²) in [4.78, 5) is 28.7. The van der Waals surface area contributed by atoms with Gasteiger partial charge in [-0.15, -0.1) is 10.2 Å². The van der Waals surface area contributed by atoms with Crippen LogP contribution >= 0.6 is 11.8 Å². The minimum absolute atomic E-state index is 0.0525. The molecule has 7 nitrogen and oxygen atoms in total. The molecule has 1 unspecified atom stereocenters. The molecule has 3 heterocycles. The molecule has 1 aliphatic heterocycles. The average Bonchev–Trinajstić information content (AvgIpc) is 3.53. The molecule has 0 N–H and O–H groups in total. The number of rotatable bonds is 7. The summed E-state index contributed by atoms with van der Waals surface area (Å²) in [7, 11) is 0. The molecule has 1 saturated heterocycles. The monoisotopic (exact) mass is 461 g/mol. The molecule has 4 aromatic rings. The molecule has 8 heteroatoms. The number of para-hydroxylation sites is 1. The van der Waals surface area contributed by atoms with E-state index in [-0.39, 0.29) is 11.5 Å². The number of likely N-dealkylation sites (tertiary alicyclic amines) is 1. The van der Waals surface area contributed by atoms with Crippen LogP contribution in [0.5, 0.6) is 0 Å². The van der Waals surface area contributed by atoms with E-state index in [1.54, 1.807) is 4.57 Å². The zero-order valence-corrected chi connectivity index (χ0v) is 19.5. The van der Waals surface area contributed by atoms with Crippen LogP contribution in [0.25, 0.3) is 16.7 Å². The number of carbonyl (C=O) groups excluding carboxylic acids is 1. The molecule has 0 saturated carbocycles. The molecule has 0 radical (unpaired) electrons. The Hall–Kier alpha value is -3.13. The highest BCUT2D eigenvalue weighted by Crippen LogP contribution is 2.37. The standard InChI is InChI=1S/C25H27N5O2S/c1-2-3-17-29-22(31)19-13-7-8-14-20(19)30-24(29)26-27-25(30)33-21(18-11-5-4-6-12-18)23(32)28-15-9-10-16-28/h4-8,11-14,21H,2-3,9-10,15-17H2,1H3. The van der Waals surface area contributed by atoms with Gasteiger partial charge in [-0.05, 0) is 37.0 Å². The van der Waals surface area contributed by atoms with Gasteiger partial charge in [-0.1, -0.05) is 67.6 Å². The number of benzene rings is 2. The van der Waals surface area contributed by atoms with Crippen molar-refractivity contribution in [2.24, 2.45) is 0 Å². The van der Waals surface area contributed by atoms with Crippen molar-refractivity contribution in [3.63, 3.8) is 0 Å². The summed E-state index contributed by atoms with van der Waals surface area (Å²) in [5.41, 5.74) is 1.65. The Bertz CT molecular complexity index is 1340. The van der Waals surface area contributed by atoms with E-state index in [4.69, 9.17) is 0 Å². The predicted octanol–water partition coefficient (Wildman–Crippen LogP) is 4.30. The van der Waals surface area contributed by atoms with E-state index in [1.807, 2.05) is 63.9 Å². The summed E-state index contributed by atoms with van der Waals surface area (Å²) >= 11 is 1.41. The third-order valence-electron chi connectivity index (χ3n) is 6.18. The zero-order valence-electron chi connectivity index (χ0n) is 18.7. The van der Waals surface area contributed by atoms with E-state index in [0.717, 1.165) is 49.9 Å². The van der Waals surface area contributed by atoms with Crippen LogP contribution in [0.3, 0.4) is 0 Å². The van der Waals surface area contributed by atoms with Crippen LogP contribution in [0.2, 0.25) is 0 Å². The van der Waals surface area contributed by atoms with E-state index in [0.29, 0.717) is 22.9 Å². The number of hydrogen-bond acceptors (Lipinski definition) is 5. The number of hydrogen-bond donors (Lipinski definition) is 0. The highest BCUT2D eigenvalue weighted by atomic mass is 32.2. The normalized spacial score (nSPS) is 14.9. The van der Waals surface area contributed by atoms with Crippen molar-refractivity contribution in [2.75, 3.05) is 13.1 Å². The number of carbonyl (C=O) groups is 1. The molecule has 0 aliphatic carbocycles. The lowest BCUT2D eigenvalue weighted by Gasteiger charge is -2.22. The summed E-state index contributed by atoms with van der Waals surface area (Å²) < 4.78 is 3.65. The molecule has 1 amide bonds. The number of nitrogens with zero attached hydrogens (tertiary/aromatic N) is 5. The second-order valence-electron chi connectivity index (χ2n) is 8.39. The van der Waals surface area contributed by atoms with Gasteiger partial charge in [0.15, 0.2) is 5.16 Å². The van der Waals surface area contributed by atoms with Crippen molar-refractivity contribution in [3.05, 3.63) is 70.5 Å². The maximum absolute atomic E-state index is 13.5. The van der Waals surface area contributed by atoms with Crippen LogP contribution in [0.15, 0.2) is 64.5 Å². The van der Waals surface area contributed by atoms with Crippen LogP contribution in [0.4, 0.5) is 0 Å². The Labute approximate surface area is 196 Å². The Morgan fingerprint density at radius 2 is 1.76 bits per heavy atom. The number of aromatic nitrogens is 4. The molecule has 170 valence electrons. The highest BCUT2D eigenvalue weighted by Gasteiger charge is 2.30. The molecular formula is C25H27N5O2S. The van der Waals surface area contributed by atoms with Gasteiger partial charge >= 0.3 is 0 Å². The molecular weight excluding hydrogens is 434 g/mol. The van der Waals surface area contributed by atoms with Crippen LogP contribution in [0.1, 0.15) is 43.4 Å². The summed E-state index contributed by atoms with van der Waals surface area (Å²) in [5, 5.41) is 9.71. The Morgan fingerprint density at radius 1 is 1.03 bits per heavy atom. The summed E-state index contributed by atoms with van der Waals surface area (Å²) in [6, 6.07) is 17.4. The second-order valence-corrected chi connectivity index (χ2v) is 9.46. The quantitative estimate of drug-likeness (QED) is 0.384. The molecule has 2 aromatic carbocycles. The maximum Gasteiger partial charge on any atom is 0.262 e. The molecule has 1 atom stereocenters. The van der Waals surface area contributed by atoms with Crippen molar-refractivity contribution in [2.45, 2.75) is 49.6 Å². The van der Waals surface area contributed by atoms with E-state index in [1.165, 1.54) is 11.8 Å². The number of aryl methyl sites for hydroxylation is 1. The molecule has 1 aliphatic rings. The van der Waals surface area contributed by atoms with Crippen molar-refractivity contribution >= 4 is 34.3 Å². The number of amides is 1. The van der Waals surface area contributed by atoms with Crippen molar-refractivity contribution in [1.82, 2.24) is 24.1 Å². The lowest BCUT2D eigenvalue weighted by atomic mass is 10.1. The topological polar surface area (TPSA) is 72.5 Å².